The van der Waals surface area contributed by atoms with Gasteiger partial charge < -0.3 is 20.5 Å². The molecular formula is C13H16N2O5. The molecule has 0 aliphatic carbocycles. The standard InChI is InChI=1S/C13H16N2O5/c1-8(16)9-3-5-10(6-4-9)15-13(19)14-7-11(17)12(18)20-2/h3-6,11,17H,7H2,1-2H3,(H2,14,15,19)/t11-/m1/s1. The molecular weight excluding hydrogens is 264 g/mol. The van der Waals surface area contributed by atoms with Gasteiger partial charge in [-0.3, -0.25) is 4.79 Å². The van der Waals surface area contributed by atoms with Gasteiger partial charge in [-0.25, -0.2) is 9.59 Å². The van der Waals surface area contributed by atoms with Crippen LogP contribution in [0.5, 0.6) is 0 Å². The number of urea groups is 1. The number of ketones is 1. The maximum absolute atomic E-state index is 11.5. The monoisotopic (exact) mass is 280 g/mol. The van der Waals surface area contributed by atoms with Gasteiger partial charge in [-0.05, 0) is 31.2 Å². The molecule has 0 saturated heterocycles. The Hall–Kier alpha value is -2.41. The van der Waals surface area contributed by atoms with E-state index >= 15 is 0 Å². The molecule has 1 aromatic rings. The Bertz CT molecular complexity index is 498. The number of Topliss-reactive ketones (excluding diaryl/α,β-unsaturated/α-hetero) is 1. The first-order valence-electron chi connectivity index (χ1n) is 5.85. The molecule has 1 aromatic carbocycles. The van der Waals surface area contributed by atoms with Crippen molar-refractivity contribution in [3.8, 4) is 0 Å². The number of carbonyl (C=O) groups is 3. The molecule has 20 heavy (non-hydrogen) atoms. The fourth-order valence-electron chi connectivity index (χ4n) is 1.37. The summed E-state index contributed by atoms with van der Waals surface area (Å²) in [5.74, 6) is -0.890. The second-order valence-electron chi connectivity index (χ2n) is 4.01. The van der Waals surface area contributed by atoms with Crippen molar-refractivity contribution in [2.75, 3.05) is 19.0 Å². The fraction of sp³-hybridized carbons (Fsp3) is 0.308. The van der Waals surface area contributed by atoms with E-state index < -0.39 is 18.1 Å². The van der Waals surface area contributed by atoms with Crippen molar-refractivity contribution in [1.82, 2.24) is 5.32 Å². The van der Waals surface area contributed by atoms with Crippen LogP contribution in [-0.2, 0) is 9.53 Å². The van der Waals surface area contributed by atoms with Crippen molar-refractivity contribution < 1.29 is 24.2 Å². The topological polar surface area (TPSA) is 105 Å². The van der Waals surface area contributed by atoms with Crippen LogP contribution in [0.1, 0.15) is 17.3 Å². The highest BCUT2D eigenvalue weighted by atomic mass is 16.5. The van der Waals surface area contributed by atoms with Crippen molar-refractivity contribution in [3.05, 3.63) is 29.8 Å². The van der Waals surface area contributed by atoms with Gasteiger partial charge in [0, 0.05) is 11.3 Å². The van der Waals surface area contributed by atoms with Crippen molar-refractivity contribution in [3.63, 3.8) is 0 Å². The number of amides is 2. The molecule has 0 heterocycles. The van der Waals surface area contributed by atoms with Gasteiger partial charge in [0.1, 0.15) is 0 Å². The lowest BCUT2D eigenvalue weighted by molar-refractivity contribution is -0.149. The van der Waals surface area contributed by atoms with Crippen molar-refractivity contribution in [2.24, 2.45) is 0 Å². The first-order valence-corrected chi connectivity index (χ1v) is 5.85. The Balaban J connectivity index is 2.46. The van der Waals surface area contributed by atoms with Gasteiger partial charge in [0.05, 0.1) is 13.7 Å². The molecule has 2 amide bonds. The predicted molar refractivity (Wildman–Crippen MR) is 71.5 cm³/mol. The largest absolute Gasteiger partial charge is 0.467 e. The van der Waals surface area contributed by atoms with Gasteiger partial charge in [-0.1, -0.05) is 0 Å². The van der Waals surface area contributed by atoms with Gasteiger partial charge in [0.2, 0.25) is 0 Å². The second kappa shape index (κ2) is 7.25. The molecule has 0 aromatic heterocycles. The first kappa shape index (κ1) is 15.6. The van der Waals surface area contributed by atoms with Crippen LogP contribution < -0.4 is 10.6 Å². The van der Waals surface area contributed by atoms with Crippen LogP contribution in [0.25, 0.3) is 0 Å². The summed E-state index contributed by atoms with van der Waals surface area (Å²) in [6.07, 6.45) is -1.41. The third kappa shape index (κ3) is 4.69. The Morgan fingerprint density at radius 3 is 2.35 bits per heavy atom. The molecule has 3 N–H and O–H groups in total. The number of carbonyl (C=O) groups excluding carboxylic acids is 3. The van der Waals surface area contributed by atoms with Crippen molar-refractivity contribution in [2.45, 2.75) is 13.0 Å². The number of nitrogens with one attached hydrogen (secondary N) is 2. The highest BCUT2D eigenvalue weighted by Gasteiger charge is 2.16. The van der Waals surface area contributed by atoms with Gasteiger partial charge in [-0.2, -0.15) is 0 Å². The van der Waals surface area contributed by atoms with E-state index in [1.165, 1.54) is 6.92 Å². The molecule has 0 radical (unpaired) electrons. The number of benzene rings is 1. The molecule has 1 rings (SSSR count). The molecule has 0 fully saturated rings. The molecule has 1 atom stereocenters. The molecule has 0 bridgehead atoms. The van der Waals surface area contributed by atoms with E-state index in [9.17, 15) is 19.5 Å². The fourth-order valence-corrected chi connectivity index (χ4v) is 1.37. The van der Waals surface area contributed by atoms with E-state index in [1.807, 2.05) is 0 Å². The molecule has 0 aliphatic rings. The molecule has 0 aliphatic heterocycles. The number of methoxy groups -OCH3 is 1. The highest BCUT2D eigenvalue weighted by Crippen LogP contribution is 2.09. The maximum atomic E-state index is 11.5. The zero-order valence-electron chi connectivity index (χ0n) is 11.2. The van der Waals surface area contributed by atoms with Crippen LogP contribution in [0, 0.1) is 0 Å². The number of esters is 1. The van der Waals surface area contributed by atoms with Crippen LogP contribution in [0.4, 0.5) is 10.5 Å². The summed E-state index contributed by atoms with van der Waals surface area (Å²) in [6.45, 7) is 1.19. The maximum Gasteiger partial charge on any atom is 0.336 e. The minimum absolute atomic E-state index is 0.0674. The molecule has 7 heteroatoms. The van der Waals surface area contributed by atoms with E-state index in [2.05, 4.69) is 15.4 Å². The van der Waals surface area contributed by atoms with Gasteiger partial charge in [-0.15, -0.1) is 0 Å². The normalized spacial score (nSPS) is 11.3. The predicted octanol–water partition coefficient (Wildman–Crippen LogP) is 0.545. The summed E-state index contributed by atoms with van der Waals surface area (Å²) in [7, 11) is 1.14. The summed E-state index contributed by atoms with van der Waals surface area (Å²) in [4.78, 5) is 33.5. The van der Waals surface area contributed by atoms with Gasteiger partial charge >= 0.3 is 12.0 Å². The van der Waals surface area contributed by atoms with Crippen molar-refractivity contribution in [1.29, 1.82) is 0 Å². The molecule has 0 saturated carbocycles. The Labute approximate surface area is 115 Å². The molecule has 0 spiro atoms. The van der Waals surface area contributed by atoms with E-state index in [0.29, 0.717) is 11.3 Å². The zero-order valence-corrected chi connectivity index (χ0v) is 11.2. The van der Waals surface area contributed by atoms with Crippen LogP contribution >= 0.6 is 0 Å². The summed E-state index contributed by atoms with van der Waals surface area (Å²) >= 11 is 0. The minimum atomic E-state index is -1.41. The lowest BCUT2D eigenvalue weighted by Gasteiger charge is -2.11. The summed E-state index contributed by atoms with van der Waals surface area (Å²) in [6, 6.07) is 5.74. The average molecular weight is 280 g/mol. The number of aliphatic hydroxyl groups excluding tert-OH is 1. The second-order valence-corrected chi connectivity index (χ2v) is 4.01. The SMILES string of the molecule is COC(=O)[C@H](O)CNC(=O)Nc1ccc(C(C)=O)cc1. The highest BCUT2D eigenvalue weighted by molar-refractivity contribution is 5.95. The van der Waals surface area contributed by atoms with E-state index in [0.717, 1.165) is 7.11 Å². The third-order valence-corrected chi connectivity index (χ3v) is 2.48. The summed E-state index contributed by atoms with van der Waals surface area (Å²) in [5.41, 5.74) is 1.03. The van der Waals surface area contributed by atoms with Gasteiger partial charge in [0.25, 0.3) is 0 Å². The van der Waals surface area contributed by atoms with Crippen LogP contribution in [0.15, 0.2) is 24.3 Å². The lowest BCUT2D eigenvalue weighted by Crippen LogP contribution is -2.39. The summed E-state index contributed by atoms with van der Waals surface area (Å²) in [5, 5.41) is 14.1. The average Bonchev–Trinajstić information content (AvgIpc) is 2.44. The lowest BCUT2D eigenvalue weighted by atomic mass is 10.1. The molecule has 0 unspecified atom stereocenters. The molecule has 7 nitrogen and oxygen atoms in total. The number of rotatable bonds is 5. The Morgan fingerprint density at radius 2 is 1.85 bits per heavy atom. The van der Waals surface area contributed by atoms with Gasteiger partial charge in [0.15, 0.2) is 11.9 Å². The van der Waals surface area contributed by atoms with Crippen LogP contribution in [-0.4, -0.2) is 42.6 Å². The number of hydrogen-bond donors (Lipinski definition) is 3. The van der Waals surface area contributed by atoms with E-state index in [4.69, 9.17) is 0 Å². The van der Waals surface area contributed by atoms with Crippen molar-refractivity contribution >= 4 is 23.5 Å². The quantitative estimate of drug-likeness (QED) is 0.539. The number of aliphatic hydroxyl groups is 1. The minimum Gasteiger partial charge on any atom is -0.467 e. The van der Waals surface area contributed by atoms with Crippen LogP contribution in [0.3, 0.4) is 0 Å². The smallest absolute Gasteiger partial charge is 0.336 e. The van der Waals surface area contributed by atoms with Crippen LogP contribution in [0.2, 0.25) is 0 Å². The van der Waals surface area contributed by atoms with E-state index in [-0.39, 0.29) is 12.3 Å². The Kier molecular flexibility index (Phi) is 5.67. The first-order chi connectivity index (χ1) is 9.43. The Morgan fingerprint density at radius 1 is 1.25 bits per heavy atom. The molecule has 108 valence electrons. The number of anilines is 1. The van der Waals surface area contributed by atoms with E-state index in [1.54, 1.807) is 24.3 Å². The summed E-state index contributed by atoms with van der Waals surface area (Å²) < 4.78 is 4.31. The number of hydrogen-bond acceptors (Lipinski definition) is 5. The number of ether oxygens (including phenoxy) is 1. The zero-order chi connectivity index (χ0) is 15.1. The third-order valence-electron chi connectivity index (χ3n) is 2.48.